The van der Waals surface area contributed by atoms with E-state index in [-0.39, 0.29) is 23.1 Å². The number of esters is 2. The number of anilines is 1. The van der Waals surface area contributed by atoms with Crippen LogP contribution in [0.3, 0.4) is 0 Å². The second-order valence-electron chi connectivity index (χ2n) is 5.72. The number of nitrogens with zero attached hydrogens (tertiary/aromatic N) is 1. The van der Waals surface area contributed by atoms with Crippen LogP contribution in [-0.2, 0) is 19.1 Å². The van der Waals surface area contributed by atoms with Crippen molar-refractivity contribution in [1.82, 2.24) is 4.90 Å². The van der Waals surface area contributed by atoms with Crippen molar-refractivity contribution in [2.75, 3.05) is 32.6 Å². The lowest BCUT2D eigenvalue weighted by molar-refractivity contribution is -0.142. The molecule has 0 fully saturated rings. The number of hydrogen-bond acceptors (Lipinski definition) is 7. The zero-order valence-electron chi connectivity index (χ0n) is 16.5. The maximum atomic E-state index is 12.3. The van der Waals surface area contributed by atoms with Crippen LogP contribution in [-0.4, -0.2) is 56.0 Å². The third-order valence-electron chi connectivity index (χ3n) is 3.36. The molecule has 0 atom stereocenters. The van der Waals surface area contributed by atoms with Crippen molar-refractivity contribution in [2.24, 2.45) is 0 Å². The molecule has 0 bridgehead atoms. The van der Waals surface area contributed by atoms with Crippen molar-refractivity contribution in [2.45, 2.75) is 20.8 Å². The van der Waals surface area contributed by atoms with E-state index in [0.29, 0.717) is 10.4 Å². The zero-order valence-corrected chi connectivity index (χ0v) is 17.3. The Morgan fingerprint density at radius 3 is 2.39 bits per heavy atom. The van der Waals surface area contributed by atoms with Crippen LogP contribution in [0.1, 0.15) is 39.4 Å². The summed E-state index contributed by atoms with van der Waals surface area (Å²) in [5.74, 6) is -2.25. The second kappa shape index (κ2) is 11.0. The van der Waals surface area contributed by atoms with Gasteiger partial charge in [0, 0.05) is 20.2 Å². The van der Waals surface area contributed by atoms with Crippen molar-refractivity contribution >= 4 is 40.1 Å². The highest BCUT2D eigenvalue weighted by molar-refractivity contribution is 7.18. The predicted octanol–water partition coefficient (Wildman–Crippen LogP) is 2.55. The molecule has 0 aliphatic rings. The standard InChI is InChI=1S/C19H24N2O6S/c1-6-8-9-10-14(23)27-11-13(22)20-17-15(19(25)26-7-2)12(3)16(28-17)18(24)21(4)5/h6,8-10H,7,11H2,1-5H3,(H,20,22). The highest BCUT2D eigenvalue weighted by Crippen LogP contribution is 2.34. The minimum absolute atomic E-state index is 0.115. The van der Waals surface area contributed by atoms with Crippen molar-refractivity contribution in [1.29, 1.82) is 0 Å². The van der Waals surface area contributed by atoms with Crippen molar-refractivity contribution in [3.8, 4) is 0 Å². The largest absolute Gasteiger partial charge is 0.462 e. The van der Waals surface area contributed by atoms with E-state index in [2.05, 4.69) is 5.32 Å². The fourth-order valence-corrected chi connectivity index (χ4v) is 3.28. The Hall–Kier alpha value is -2.94. The van der Waals surface area contributed by atoms with Gasteiger partial charge in [-0.25, -0.2) is 9.59 Å². The molecule has 9 heteroatoms. The molecular formula is C19H24N2O6S. The van der Waals surface area contributed by atoms with Gasteiger partial charge < -0.3 is 19.7 Å². The Kier molecular flexibility index (Phi) is 9.10. The molecule has 1 N–H and O–H groups in total. The van der Waals surface area contributed by atoms with E-state index in [1.807, 2.05) is 0 Å². The molecule has 0 spiro atoms. The van der Waals surface area contributed by atoms with Crippen LogP contribution in [0.2, 0.25) is 0 Å². The van der Waals surface area contributed by atoms with E-state index in [0.717, 1.165) is 11.3 Å². The summed E-state index contributed by atoms with van der Waals surface area (Å²) < 4.78 is 9.86. The summed E-state index contributed by atoms with van der Waals surface area (Å²) >= 11 is 0.969. The number of carbonyl (C=O) groups excluding carboxylic acids is 4. The monoisotopic (exact) mass is 408 g/mol. The summed E-state index contributed by atoms with van der Waals surface area (Å²) in [7, 11) is 3.18. The Labute approximate surface area is 167 Å². The van der Waals surface area contributed by atoms with Gasteiger partial charge in [0.1, 0.15) is 5.00 Å². The first-order valence-electron chi connectivity index (χ1n) is 8.51. The van der Waals surface area contributed by atoms with E-state index >= 15 is 0 Å². The van der Waals surface area contributed by atoms with Gasteiger partial charge in [0.15, 0.2) is 6.61 Å². The molecule has 152 valence electrons. The number of rotatable bonds is 8. The van der Waals surface area contributed by atoms with Gasteiger partial charge in [-0.2, -0.15) is 0 Å². The Balaban J connectivity index is 3.00. The molecular weight excluding hydrogens is 384 g/mol. The minimum Gasteiger partial charge on any atom is -0.462 e. The Morgan fingerprint density at radius 1 is 1.14 bits per heavy atom. The van der Waals surface area contributed by atoms with E-state index in [1.165, 1.54) is 17.1 Å². The molecule has 8 nitrogen and oxygen atoms in total. The summed E-state index contributed by atoms with van der Waals surface area (Å²) in [4.78, 5) is 50.0. The second-order valence-corrected chi connectivity index (χ2v) is 6.74. The molecule has 2 amide bonds. The first-order valence-corrected chi connectivity index (χ1v) is 9.32. The van der Waals surface area contributed by atoms with Crippen molar-refractivity contribution < 1.29 is 28.7 Å². The summed E-state index contributed by atoms with van der Waals surface area (Å²) in [6.45, 7) is 4.68. The van der Waals surface area contributed by atoms with Crippen LogP contribution >= 0.6 is 11.3 Å². The van der Waals surface area contributed by atoms with Crippen LogP contribution in [0.5, 0.6) is 0 Å². The van der Waals surface area contributed by atoms with E-state index < -0.39 is 24.5 Å². The number of hydrogen-bond donors (Lipinski definition) is 1. The SMILES string of the molecule is CC=CC=CC(=O)OCC(=O)Nc1sc(C(=O)N(C)C)c(C)c1C(=O)OCC. The number of carbonyl (C=O) groups is 4. The van der Waals surface area contributed by atoms with Gasteiger partial charge in [0.2, 0.25) is 0 Å². The van der Waals surface area contributed by atoms with Gasteiger partial charge in [0.25, 0.3) is 11.8 Å². The maximum absolute atomic E-state index is 12.3. The lowest BCUT2D eigenvalue weighted by Crippen LogP contribution is -2.21. The molecule has 0 saturated carbocycles. The van der Waals surface area contributed by atoms with Gasteiger partial charge in [0.05, 0.1) is 17.0 Å². The van der Waals surface area contributed by atoms with Crippen molar-refractivity contribution in [3.05, 3.63) is 40.3 Å². The lowest BCUT2D eigenvalue weighted by Gasteiger charge is -2.09. The average Bonchev–Trinajstić information content (AvgIpc) is 2.95. The molecule has 28 heavy (non-hydrogen) atoms. The topological polar surface area (TPSA) is 102 Å². The number of ether oxygens (including phenoxy) is 2. The van der Waals surface area contributed by atoms with Crippen LogP contribution in [0.4, 0.5) is 5.00 Å². The number of amides is 2. The fraction of sp³-hybridized carbons (Fsp3) is 0.368. The maximum Gasteiger partial charge on any atom is 0.341 e. The number of nitrogens with one attached hydrogen (secondary N) is 1. The summed E-state index contributed by atoms with van der Waals surface area (Å²) in [5.41, 5.74) is 0.536. The first kappa shape index (κ1) is 23.1. The summed E-state index contributed by atoms with van der Waals surface area (Å²) in [6, 6.07) is 0. The third kappa shape index (κ3) is 6.34. The van der Waals surface area contributed by atoms with Crippen LogP contribution in [0.25, 0.3) is 0 Å². The highest BCUT2D eigenvalue weighted by atomic mass is 32.1. The predicted molar refractivity (Wildman–Crippen MR) is 107 cm³/mol. The molecule has 1 aromatic rings. The fourth-order valence-electron chi connectivity index (χ4n) is 2.05. The molecule has 0 aliphatic heterocycles. The normalized spacial score (nSPS) is 10.9. The Morgan fingerprint density at radius 2 is 1.82 bits per heavy atom. The van der Waals surface area contributed by atoms with Gasteiger partial charge in [-0.1, -0.05) is 18.2 Å². The van der Waals surface area contributed by atoms with Crippen LogP contribution < -0.4 is 5.32 Å². The van der Waals surface area contributed by atoms with E-state index in [4.69, 9.17) is 9.47 Å². The first-order chi connectivity index (χ1) is 13.2. The van der Waals surface area contributed by atoms with E-state index in [9.17, 15) is 19.2 Å². The molecule has 0 saturated heterocycles. The smallest absolute Gasteiger partial charge is 0.341 e. The molecule has 0 aliphatic carbocycles. The minimum atomic E-state index is -0.676. The van der Waals surface area contributed by atoms with Gasteiger partial charge in [-0.05, 0) is 26.3 Å². The lowest BCUT2D eigenvalue weighted by atomic mass is 10.1. The van der Waals surface area contributed by atoms with Crippen LogP contribution in [0.15, 0.2) is 24.3 Å². The molecule has 1 heterocycles. The zero-order chi connectivity index (χ0) is 21.3. The van der Waals surface area contributed by atoms with Gasteiger partial charge in [-0.3, -0.25) is 9.59 Å². The summed E-state index contributed by atoms with van der Waals surface area (Å²) in [5, 5.41) is 2.69. The summed E-state index contributed by atoms with van der Waals surface area (Å²) in [6.07, 6.45) is 6.05. The number of allylic oxidation sites excluding steroid dienone is 3. The molecule has 0 radical (unpaired) electrons. The van der Waals surface area contributed by atoms with Gasteiger partial charge >= 0.3 is 11.9 Å². The molecule has 1 aromatic heterocycles. The third-order valence-corrected chi connectivity index (χ3v) is 4.56. The van der Waals surface area contributed by atoms with Crippen molar-refractivity contribution in [3.63, 3.8) is 0 Å². The van der Waals surface area contributed by atoms with Crippen LogP contribution in [0, 0.1) is 6.92 Å². The van der Waals surface area contributed by atoms with Gasteiger partial charge in [-0.15, -0.1) is 11.3 Å². The Bertz CT molecular complexity index is 808. The number of thiophene rings is 1. The highest BCUT2D eigenvalue weighted by Gasteiger charge is 2.27. The van der Waals surface area contributed by atoms with E-state index in [1.54, 1.807) is 47.0 Å². The average molecular weight is 408 g/mol. The molecule has 0 unspecified atom stereocenters. The quantitative estimate of drug-likeness (QED) is 0.403. The molecule has 1 rings (SSSR count). The molecule has 0 aromatic carbocycles.